The van der Waals surface area contributed by atoms with Crippen LogP contribution in [-0.2, 0) is 6.54 Å². The number of hydrogen-bond acceptors (Lipinski definition) is 3. The van der Waals surface area contributed by atoms with E-state index >= 15 is 0 Å². The van der Waals surface area contributed by atoms with Crippen molar-refractivity contribution in [1.82, 2.24) is 0 Å². The molecule has 0 fully saturated rings. The highest BCUT2D eigenvalue weighted by atomic mass is 79.9. The van der Waals surface area contributed by atoms with E-state index in [2.05, 4.69) is 21.2 Å². The predicted molar refractivity (Wildman–Crippen MR) is 79.3 cm³/mol. The minimum atomic E-state index is -0.533. The molecule has 0 heterocycles. The molecular formula is C14H12BrFN2O2. The molecule has 0 unspecified atom stereocenters. The van der Waals surface area contributed by atoms with Gasteiger partial charge in [-0.1, -0.05) is 28.1 Å². The molecule has 0 aliphatic carbocycles. The van der Waals surface area contributed by atoms with Gasteiger partial charge < -0.3 is 5.32 Å². The van der Waals surface area contributed by atoms with Gasteiger partial charge in [-0.25, -0.2) is 4.39 Å². The van der Waals surface area contributed by atoms with Crippen LogP contribution in [0.2, 0.25) is 0 Å². The summed E-state index contributed by atoms with van der Waals surface area (Å²) in [6, 6.07) is 9.13. The molecule has 0 spiro atoms. The van der Waals surface area contributed by atoms with Crippen LogP contribution in [0.15, 0.2) is 40.9 Å². The summed E-state index contributed by atoms with van der Waals surface area (Å²) in [5.74, 6) is -0.509. The third kappa shape index (κ3) is 3.33. The second-order valence-corrected chi connectivity index (χ2v) is 5.21. The Hall–Kier alpha value is -1.95. The molecule has 0 atom stereocenters. The van der Waals surface area contributed by atoms with Crippen molar-refractivity contribution in [3.05, 3.63) is 67.9 Å². The lowest BCUT2D eigenvalue weighted by Crippen LogP contribution is -2.03. The lowest BCUT2D eigenvalue weighted by molar-refractivity contribution is -0.384. The molecule has 2 aromatic rings. The zero-order valence-corrected chi connectivity index (χ0v) is 12.3. The lowest BCUT2D eigenvalue weighted by atomic mass is 10.1. The molecule has 1 N–H and O–H groups in total. The molecule has 6 heteroatoms. The normalized spacial score (nSPS) is 10.3. The van der Waals surface area contributed by atoms with Gasteiger partial charge in [0.25, 0.3) is 5.69 Å². The number of rotatable bonds is 4. The van der Waals surface area contributed by atoms with E-state index in [1.165, 1.54) is 0 Å². The van der Waals surface area contributed by atoms with Crippen LogP contribution >= 0.6 is 15.9 Å². The molecule has 0 aliphatic heterocycles. The van der Waals surface area contributed by atoms with Gasteiger partial charge >= 0.3 is 0 Å². The molecule has 2 aromatic carbocycles. The highest BCUT2D eigenvalue weighted by molar-refractivity contribution is 9.10. The smallest absolute Gasteiger partial charge is 0.292 e. The van der Waals surface area contributed by atoms with Gasteiger partial charge in [0, 0.05) is 23.2 Å². The van der Waals surface area contributed by atoms with Gasteiger partial charge in [0.2, 0.25) is 0 Å². The molecule has 20 heavy (non-hydrogen) atoms. The molecular weight excluding hydrogens is 327 g/mol. The van der Waals surface area contributed by atoms with Crippen LogP contribution < -0.4 is 5.32 Å². The number of nitro groups is 1. The van der Waals surface area contributed by atoms with Crippen molar-refractivity contribution in [2.45, 2.75) is 13.5 Å². The van der Waals surface area contributed by atoms with Crippen LogP contribution in [0.5, 0.6) is 0 Å². The third-order valence-electron chi connectivity index (χ3n) is 2.86. The number of hydrogen-bond donors (Lipinski definition) is 1. The maximum atomic E-state index is 13.2. The number of aryl methyl sites for hydroxylation is 1. The number of nitro benzene ring substituents is 1. The fourth-order valence-corrected chi connectivity index (χ4v) is 2.07. The van der Waals surface area contributed by atoms with Crippen LogP contribution in [-0.4, -0.2) is 4.92 Å². The largest absolute Gasteiger partial charge is 0.375 e. The zero-order valence-electron chi connectivity index (χ0n) is 10.7. The zero-order chi connectivity index (χ0) is 14.7. The van der Waals surface area contributed by atoms with E-state index in [1.807, 2.05) is 25.1 Å². The van der Waals surface area contributed by atoms with E-state index in [0.29, 0.717) is 6.54 Å². The fraction of sp³-hybridized carbons (Fsp3) is 0.143. The molecule has 2 rings (SSSR count). The molecule has 0 aromatic heterocycles. The van der Waals surface area contributed by atoms with Crippen molar-refractivity contribution in [3.8, 4) is 0 Å². The summed E-state index contributed by atoms with van der Waals surface area (Å²) >= 11 is 3.41. The summed E-state index contributed by atoms with van der Waals surface area (Å²) < 4.78 is 14.2. The Kier molecular flexibility index (Phi) is 4.34. The third-order valence-corrected chi connectivity index (χ3v) is 3.75. The molecule has 0 aliphatic rings. The number of nitrogens with one attached hydrogen (secondary N) is 1. The SMILES string of the molecule is Cc1cc(CNc2cc(F)ccc2[N+](=O)[O-])ccc1Br. The van der Waals surface area contributed by atoms with Gasteiger partial charge in [-0.15, -0.1) is 0 Å². The number of benzene rings is 2. The Morgan fingerprint density at radius 3 is 2.70 bits per heavy atom. The number of anilines is 1. The van der Waals surface area contributed by atoms with Crippen molar-refractivity contribution in [1.29, 1.82) is 0 Å². The van der Waals surface area contributed by atoms with E-state index in [1.54, 1.807) is 0 Å². The van der Waals surface area contributed by atoms with E-state index < -0.39 is 10.7 Å². The Morgan fingerprint density at radius 2 is 2.05 bits per heavy atom. The molecule has 0 bridgehead atoms. The summed E-state index contributed by atoms with van der Waals surface area (Å²) in [5, 5.41) is 13.8. The van der Waals surface area contributed by atoms with E-state index in [9.17, 15) is 14.5 Å². The molecule has 0 radical (unpaired) electrons. The van der Waals surface area contributed by atoms with Gasteiger partial charge in [0.05, 0.1) is 4.92 Å². The second kappa shape index (κ2) is 6.00. The summed E-state index contributed by atoms with van der Waals surface area (Å²) in [4.78, 5) is 10.3. The van der Waals surface area contributed by atoms with Gasteiger partial charge in [-0.3, -0.25) is 10.1 Å². The van der Waals surface area contributed by atoms with E-state index in [-0.39, 0.29) is 11.4 Å². The standard InChI is InChI=1S/C14H12BrFN2O2/c1-9-6-10(2-4-12(9)15)8-17-13-7-11(16)3-5-14(13)18(19)20/h2-7,17H,8H2,1H3. The van der Waals surface area contributed by atoms with Crippen LogP contribution in [0, 0.1) is 22.9 Å². The Balaban J connectivity index is 2.20. The Bertz CT molecular complexity index is 662. The molecule has 0 amide bonds. The van der Waals surface area contributed by atoms with Crippen molar-refractivity contribution in [2.75, 3.05) is 5.32 Å². The molecule has 0 saturated heterocycles. The predicted octanol–water partition coefficient (Wildman–Crippen LogP) is 4.42. The highest BCUT2D eigenvalue weighted by Crippen LogP contribution is 2.26. The summed E-state index contributed by atoms with van der Waals surface area (Å²) in [5.41, 5.74) is 2.07. The first kappa shape index (κ1) is 14.5. The first-order chi connectivity index (χ1) is 9.47. The van der Waals surface area contributed by atoms with Crippen LogP contribution in [0.1, 0.15) is 11.1 Å². The van der Waals surface area contributed by atoms with Crippen molar-refractivity contribution < 1.29 is 9.31 Å². The van der Waals surface area contributed by atoms with E-state index in [4.69, 9.17) is 0 Å². The van der Waals surface area contributed by atoms with Crippen molar-refractivity contribution in [3.63, 3.8) is 0 Å². The average Bonchev–Trinajstić information content (AvgIpc) is 2.40. The minimum Gasteiger partial charge on any atom is -0.375 e. The Labute approximate surface area is 123 Å². The molecule has 0 saturated carbocycles. The number of nitrogens with zero attached hydrogens (tertiary/aromatic N) is 1. The van der Waals surface area contributed by atoms with Crippen molar-refractivity contribution >= 4 is 27.3 Å². The summed E-state index contributed by atoms with van der Waals surface area (Å²) in [6.07, 6.45) is 0. The second-order valence-electron chi connectivity index (χ2n) is 4.36. The minimum absolute atomic E-state index is 0.139. The first-order valence-electron chi connectivity index (χ1n) is 5.90. The Morgan fingerprint density at radius 1 is 1.30 bits per heavy atom. The lowest BCUT2D eigenvalue weighted by Gasteiger charge is -2.08. The number of halogens is 2. The molecule has 104 valence electrons. The first-order valence-corrected chi connectivity index (χ1v) is 6.69. The van der Waals surface area contributed by atoms with Gasteiger partial charge in [0.15, 0.2) is 0 Å². The van der Waals surface area contributed by atoms with Gasteiger partial charge in [-0.05, 0) is 30.2 Å². The summed E-state index contributed by atoms with van der Waals surface area (Å²) in [7, 11) is 0. The maximum Gasteiger partial charge on any atom is 0.292 e. The van der Waals surface area contributed by atoms with E-state index in [0.717, 1.165) is 33.8 Å². The van der Waals surface area contributed by atoms with Crippen molar-refractivity contribution in [2.24, 2.45) is 0 Å². The van der Waals surface area contributed by atoms with Gasteiger partial charge in [-0.2, -0.15) is 0 Å². The fourth-order valence-electron chi connectivity index (χ4n) is 1.82. The summed E-state index contributed by atoms with van der Waals surface area (Å²) in [6.45, 7) is 2.34. The topological polar surface area (TPSA) is 55.2 Å². The average molecular weight is 339 g/mol. The highest BCUT2D eigenvalue weighted by Gasteiger charge is 2.14. The van der Waals surface area contributed by atoms with Crippen LogP contribution in [0.4, 0.5) is 15.8 Å². The maximum absolute atomic E-state index is 13.2. The van der Waals surface area contributed by atoms with Gasteiger partial charge in [0.1, 0.15) is 11.5 Å². The van der Waals surface area contributed by atoms with Crippen LogP contribution in [0.3, 0.4) is 0 Å². The monoisotopic (exact) mass is 338 g/mol. The molecule has 4 nitrogen and oxygen atoms in total. The van der Waals surface area contributed by atoms with Crippen LogP contribution in [0.25, 0.3) is 0 Å². The quantitative estimate of drug-likeness (QED) is 0.663.